The Morgan fingerprint density at radius 3 is 2.58 bits per heavy atom. The summed E-state index contributed by atoms with van der Waals surface area (Å²) < 4.78 is 24.6. The molecule has 0 heterocycles. The Hall–Kier alpha value is -2.82. The smallest absolute Gasteiger partial charge is 0.165 e. The van der Waals surface area contributed by atoms with Gasteiger partial charge >= 0.3 is 0 Å². The van der Waals surface area contributed by atoms with E-state index >= 15 is 0 Å². The Balaban J connectivity index is 2.33. The highest BCUT2D eigenvalue weighted by Gasteiger charge is 2.13. The quantitative estimate of drug-likeness (QED) is 0.339. The molecule has 2 aromatic rings. The van der Waals surface area contributed by atoms with Gasteiger partial charge in [-0.2, -0.15) is 0 Å². The fraction of sp³-hybridized carbons (Fsp3) is 0.211. The number of ether oxygens (including phenoxy) is 2. The van der Waals surface area contributed by atoms with Gasteiger partial charge in [-0.15, -0.1) is 6.58 Å². The Bertz CT molecular complexity index is 711. The monoisotopic (exact) mass is 329 g/mol. The maximum atomic E-state index is 13.0. The van der Waals surface area contributed by atoms with Gasteiger partial charge in [0.2, 0.25) is 0 Å². The summed E-state index contributed by atoms with van der Waals surface area (Å²) in [6.07, 6.45) is 3.67. The van der Waals surface area contributed by atoms with Crippen molar-refractivity contribution in [2.24, 2.45) is 5.16 Å². The van der Waals surface area contributed by atoms with Crippen molar-refractivity contribution in [2.45, 2.75) is 20.0 Å². The SMILES string of the molecule is C=CCc1cc(/C=N\O)cc(OCC)c1OCc1ccc(F)cc1. The predicted octanol–water partition coefficient (Wildman–Crippen LogP) is 4.34. The van der Waals surface area contributed by atoms with Gasteiger partial charge in [0.05, 0.1) is 12.8 Å². The van der Waals surface area contributed by atoms with E-state index in [1.165, 1.54) is 18.3 Å². The molecule has 0 aromatic heterocycles. The summed E-state index contributed by atoms with van der Waals surface area (Å²) in [6.45, 7) is 6.40. The molecule has 5 heteroatoms. The van der Waals surface area contributed by atoms with Gasteiger partial charge in [-0.1, -0.05) is 23.4 Å². The molecule has 0 aliphatic rings. The van der Waals surface area contributed by atoms with Crippen LogP contribution in [0.2, 0.25) is 0 Å². The summed E-state index contributed by atoms with van der Waals surface area (Å²) in [5.41, 5.74) is 2.42. The first kappa shape index (κ1) is 17.5. The minimum Gasteiger partial charge on any atom is -0.490 e. The van der Waals surface area contributed by atoms with Crippen LogP contribution in [0, 0.1) is 5.82 Å². The second-order valence-corrected chi connectivity index (χ2v) is 5.09. The van der Waals surface area contributed by atoms with E-state index in [4.69, 9.17) is 14.7 Å². The molecule has 0 amide bonds. The van der Waals surface area contributed by atoms with E-state index in [9.17, 15) is 4.39 Å². The first-order chi connectivity index (χ1) is 11.7. The zero-order chi connectivity index (χ0) is 17.4. The Kier molecular flexibility index (Phi) is 6.37. The van der Waals surface area contributed by atoms with Crippen LogP contribution in [0.4, 0.5) is 4.39 Å². The van der Waals surface area contributed by atoms with E-state index in [0.29, 0.717) is 30.1 Å². The van der Waals surface area contributed by atoms with E-state index in [-0.39, 0.29) is 12.4 Å². The fourth-order valence-corrected chi connectivity index (χ4v) is 2.29. The minimum atomic E-state index is -0.284. The molecule has 0 saturated carbocycles. The number of hydrogen-bond donors (Lipinski definition) is 1. The zero-order valence-corrected chi connectivity index (χ0v) is 13.5. The Morgan fingerprint density at radius 1 is 1.21 bits per heavy atom. The number of hydrogen-bond acceptors (Lipinski definition) is 4. The summed E-state index contributed by atoms with van der Waals surface area (Å²) in [7, 11) is 0. The third kappa shape index (κ3) is 4.59. The first-order valence-electron chi connectivity index (χ1n) is 7.63. The average Bonchev–Trinajstić information content (AvgIpc) is 2.56. The van der Waals surface area contributed by atoms with Gasteiger partial charge in [0, 0.05) is 11.1 Å². The number of rotatable bonds is 8. The molecule has 4 nitrogen and oxygen atoms in total. The molecular formula is C19H20FNO3. The predicted molar refractivity (Wildman–Crippen MR) is 91.6 cm³/mol. The first-order valence-corrected chi connectivity index (χ1v) is 7.63. The summed E-state index contributed by atoms with van der Waals surface area (Å²) in [5.74, 6) is 0.888. The lowest BCUT2D eigenvalue weighted by Crippen LogP contribution is -2.04. The normalized spacial score (nSPS) is 10.8. The highest BCUT2D eigenvalue weighted by atomic mass is 19.1. The Labute approximate surface area is 140 Å². The molecule has 2 rings (SSSR count). The highest BCUT2D eigenvalue weighted by molar-refractivity contribution is 5.81. The topological polar surface area (TPSA) is 51.1 Å². The van der Waals surface area contributed by atoms with E-state index < -0.39 is 0 Å². The minimum absolute atomic E-state index is 0.284. The fourth-order valence-electron chi connectivity index (χ4n) is 2.29. The van der Waals surface area contributed by atoms with Gasteiger partial charge < -0.3 is 14.7 Å². The summed E-state index contributed by atoms with van der Waals surface area (Å²) in [5, 5.41) is 11.8. The van der Waals surface area contributed by atoms with Gasteiger partial charge in [-0.05, 0) is 43.2 Å². The van der Waals surface area contributed by atoms with Crippen molar-refractivity contribution < 1.29 is 19.1 Å². The molecule has 0 fully saturated rings. The second kappa shape index (κ2) is 8.72. The molecule has 2 aromatic carbocycles. The lowest BCUT2D eigenvalue weighted by molar-refractivity contribution is 0.267. The molecule has 0 atom stereocenters. The third-order valence-electron chi connectivity index (χ3n) is 3.32. The molecule has 0 unspecified atom stereocenters. The Morgan fingerprint density at radius 2 is 1.96 bits per heavy atom. The van der Waals surface area contributed by atoms with E-state index in [1.54, 1.807) is 24.3 Å². The largest absolute Gasteiger partial charge is 0.490 e. The third-order valence-corrected chi connectivity index (χ3v) is 3.32. The van der Waals surface area contributed by atoms with Crippen LogP contribution < -0.4 is 9.47 Å². The molecule has 0 spiro atoms. The van der Waals surface area contributed by atoms with Crippen LogP contribution in [0.25, 0.3) is 0 Å². The van der Waals surface area contributed by atoms with Crippen molar-refractivity contribution in [3.63, 3.8) is 0 Å². The van der Waals surface area contributed by atoms with Gasteiger partial charge in [0.1, 0.15) is 12.4 Å². The molecule has 126 valence electrons. The number of allylic oxidation sites excluding steroid dienone is 1. The van der Waals surface area contributed by atoms with E-state index in [0.717, 1.165) is 11.1 Å². The van der Waals surface area contributed by atoms with Crippen molar-refractivity contribution in [1.29, 1.82) is 0 Å². The van der Waals surface area contributed by atoms with Gasteiger partial charge in [0.15, 0.2) is 11.5 Å². The maximum absolute atomic E-state index is 13.0. The van der Waals surface area contributed by atoms with Crippen molar-refractivity contribution in [3.8, 4) is 11.5 Å². The molecule has 0 aliphatic carbocycles. The zero-order valence-electron chi connectivity index (χ0n) is 13.5. The molecule has 0 bridgehead atoms. The van der Waals surface area contributed by atoms with Crippen LogP contribution >= 0.6 is 0 Å². The lowest BCUT2D eigenvalue weighted by Gasteiger charge is -2.16. The number of nitrogens with zero attached hydrogens (tertiary/aromatic N) is 1. The van der Waals surface area contributed by atoms with Crippen LogP contribution in [0.5, 0.6) is 11.5 Å². The molecule has 1 N–H and O–H groups in total. The van der Waals surface area contributed by atoms with Crippen LogP contribution in [-0.4, -0.2) is 18.0 Å². The van der Waals surface area contributed by atoms with Crippen LogP contribution in [0.1, 0.15) is 23.6 Å². The highest BCUT2D eigenvalue weighted by Crippen LogP contribution is 2.34. The number of oxime groups is 1. The van der Waals surface area contributed by atoms with Crippen molar-refractivity contribution >= 4 is 6.21 Å². The van der Waals surface area contributed by atoms with E-state index in [2.05, 4.69) is 11.7 Å². The molecule has 0 aliphatic heterocycles. The maximum Gasteiger partial charge on any atom is 0.165 e. The molecule has 0 radical (unpaired) electrons. The van der Waals surface area contributed by atoms with Crippen molar-refractivity contribution in [3.05, 3.63) is 71.6 Å². The average molecular weight is 329 g/mol. The summed E-state index contributed by atoms with van der Waals surface area (Å²) >= 11 is 0. The van der Waals surface area contributed by atoms with Gasteiger partial charge in [0.25, 0.3) is 0 Å². The summed E-state index contributed by atoms with van der Waals surface area (Å²) in [4.78, 5) is 0. The number of benzene rings is 2. The lowest BCUT2D eigenvalue weighted by atomic mass is 10.1. The summed E-state index contributed by atoms with van der Waals surface area (Å²) in [6, 6.07) is 9.74. The van der Waals surface area contributed by atoms with Crippen molar-refractivity contribution in [2.75, 3.05) is 6.61 Å². The van der Waals surface area contributed by atoms with Crippen LogP contribution in [-0.2, 0) is 13.0 Å². The van der Waals surface area contributed by atoms with Gasteiger partial charge in [-0.3, -0.25) is 0 Å². The van der Waals surface area contributed by atoms with Gasteiger partial charge in [-0.25, -0.2) is 4.39 Å². The van der Waals surface area contributed by atoms with Crippen LogP contribution in [0.3, 0.4) is 0 Å². The second-order valence-electron chi connectivity index (χ2n) is 5.09. The molecule has 24 heavy (non-hydrogen) atoms. The molecular weight excluding hydrogens is 309 g/mol. The van der Waals surface area contributed by atoms with Crippen LogP contribution in [0.15, 0.2) is 54.2 Å². The number of halogens is 1. The standard InChI is InChI=1S/C19H20FNO3/c1-3-5-16-10-15(12-21-22)11-18(23-4-2)19(16)24-13-14-6-8-17(20)9-7-14/h3,6-12,22H,1,4-5,13H2,2H3/b21-12-. The molecule has 0 saturated heterocycles. The van der Waals surface area contributed by atoms with E-state index in [1.807, 2.05) is 13.0 Å². The van der Waals surface area contributed by atoms with Crippen molar-refractivity contribution in [1.82, 2.24) is 0 Å².